The highest BCUT2D eigenvalue weighted by molar-refractivity contribution is 6.32. The highest BCUT2D eigenvalue weighted by Gasteiger charge is 2.44. The molecule has 0 aromatic heterocycles. The van der Waals surface area contributed by atoms with Crippen LogP contribution in [0.4, 0.5) is 5.69 Å². The lowest BCUT2D eigenvalue weighted by Crippen LogP contribution is -2.25. The van der Waals surface area contributed by atoms with E-state index in [4.69, 9.17) is 21.6 Å². The van der Waals surface area contributed by atoms with E-state index >= 15 is 0 Å². The molecule has 18 heavy (non-hydrogen) atoms. The Balaban J connectivity index is 2.09. The first kappa shape index (κ1) is 13.0. The number of halogens is 1. The average molecular weight is 265 g/mol. The zero-order chi connectivity index (χ0) is 13.2. The van der Waals surface area contributed by atoms with Crippen molar-refractivity contribution >= 4 is 17.3 Å². The minimum Gasteiger partial charge on any atom is -0.492 e. The van der Waals surface area contributed by atoms with Crippen LogP contribution in [0.5, 0.6) is 5.75 Å². The first-order valence-electron chi connectivity index (χ1n) is 6.15. The minimum atomic E-state index is -0.139. The molecular weight excluding hydrogens is 248 g/mol. The average Bonchev–Trinajstić information content (AvgIpc) is 3.12. The molecule has 1 aliphatic carbocycles. The van der Waals surface area contributed by atoms with Crippen molar-refractivity contribution < 1.29 is 4.74 Å². The van der Waals surface area contributed by atoms with Crippen LogP contribution in [0.1, 0.15) is 19.8 Å². The molecule has 0 unspecified atom stereocenters. The van der Waals surface area contributed by atoms with Gasteiger partial charge >= 0.3 is 0 Å². The maximum atomic E-state index is 9.10. The van der Waals surface area contributed by atoms with Gasteiger partial charge in [-0.3, -0.25) is 0 Å². The highest BCUT2D eigenvalue weighted by atomic mass is 35.5. The van der Waals surface area contributed by atoms with Gasteiger partial charge in [-0.05, 0) is 38.0 Å². The molecule has 1 aliphatic rings. The Morgan fingerprint density at radius 3 is 2.72 bits per heavy atom. The summed E-state index contributed by atoms with van der Waals surface area (Å²) in [7, 11) is 1.99. The summed E-state index contributed by atoms with van der Waals surface area (Å²) >= 11 is 6.16. The van der Waals surface area contributed by atoms with Crippen molar-refractivity contribution in [3.63, 3.8) is 0 Å². The van der Waals surface area contributed by atoms with E-state index in [1.165, 1.54) is 0 Å². The summed E-state index contributed by atoms with van der Waals surface area (Å²) in [5.41, 5.74) is 0.879. The zero-order valence-corrected chi connectivity index (χ0v) is 11.5. The molecule has 1 fully saturated rings. The van der Waals surface area contributed by atoms with E-state index in [1.54, 1.807) is 0 Å². The van der Waals surface area contributed by atoms with Crippen molar-refractivity contribution in [3.8, 4) is 11.8 Å². The molecule has 0 bridgehead atoms. The third kappa shape index (κ3) is 2.70. The maximum Gasteiger partial charge on any atom is 0.138 e. The Bertz CT molecular complexity index is 477. The summed E-state index contributed by atoms with van der Waals surface area (Å²) in [6.07, 6.45) is 2.00. The molecule has 0 spiro atoms. The largest absolute Gasteiger partial charge is 0.492 e. The van der Waals surface area contributed by atoms with Crippen LogP contribution in [-0.4, -0.2) is 20.2 Å². The first-order chi connectivity index (χ1) is 8.60. The number of hydrogen-bond acceptors (Lipinski definition) is 3. The van der Waals surface area contributed by atoms with Crippen LogP contribution in [-0.2, 0) is 0 Å². The molecule has 1 saturated carbocycles. The number of rotatable bonds is 5. The molecule has 0 atom stereocenters. The van der Waals surface area contributed by atoms with Crippen molar-refractivity contribution in [1.29, 1.82) is 5.26 Å². The van der Waals surface area contributed by atoms with E-state index in [9.17, 15) is 0 Å². The molecule has 2 rings (SSSR count). The number of ether oxygens (including phenoxy) is 1. The van der Waals surface area contributed by atoms with Gasteiger partial charge in [-0.2, -0.15) is 5.26 Å². The Morgan fingerprint density at radius 2 is 2.22 bits per heavy atom. The molecule has 96 valence electrons. The van der Waals surface area contributed by atoms with E-state index in [-0.39, 0.29) is 5.41 Å². The number of hydrogen-bond donors (Lipinski definition) is 0. The molecular formula is C14H17ClN2O. The van der Waals surface area contributed by atoms with Crippen LogP contribution in [0.3, 0.4) is 0 Å². The molecule has 0 heterocycles. The highest BCUT2D eigenvalue weighted by Crippen LogP contribution is 2.46. The number of nitriles is 1. The third-order valence-electron chi connectivity index (χ3n) is 3.29. The SMILES string of the molecule is CCOc1ccc(N(C)CC2(C#N)CC2)cc1Cl. The van der Waals surface area contributed by atoms with Crippen LogP contribution < -0.4 is 9.64 Å². The smallest absolute Gasteiger partial charge is 0.138 e. The van der Waals surface area contributed by atoms with Crippen LogP contribution in [0.2, 0.25) is 5.02 Å². The second kappa shape index (κ2) is 5.07. The Kier molecular flexibility index (Phi) is 3.68. The summed E-state index contributed by atoms with van der Waals surface area (Å²) in [5.74, 6) is 0.706. The lowest BCUT2D eigenvalue weighted by atomic mass is 10.1. The second-order valence-electron chi connectivity index (χ2n) is 4.80. The van der Waals surface area contributed by atoms with E-state index in [1.807, 2.05) is 32.2 Å². The molecule has 0 saturated heterocycles. The standard InChI is InChI=1S/C14H17ClN2O/c1-3-18-13-5-4-11(8-12(13)15)17(2)10-14(9-16)6-7-14/h4-5,8H,3,6-7,10H2,1-2H3. The van der Waals surface area contributed by atoms with E-state index in [0.29, 0.717) is 17.4 Å². The van der Waals surface area contributed by atoms with Gasteiger partial charge in [0.2, 0.25) is 0 Å². The third-order valence-corrected chi connectivity index (χ3v) is 3.58. The lowest BCUT2D eigenvalue weighted by Gasteiger charge is -2.22. The molecule has 1 aromatic rings. The van der Waals surface area contributed by atoms with Crippen molar-refractivity contribution in [2.75, 3.05) is 25.1 Å². The van der Waals surface area contributed by atoms with Gasteiger partial charge in [-0.15, -0.1) is 0 Å². The van der Waals surface area contributed by atoms with Crippen molar-refractivity contribution in [1.82, 2.24) is 0 Å². The quantitative estimate of drug-likeness (QED) is 0.817. The molecule has 0 radical (unpaired) electrons. The van der Waals surface area contributed by atoms with Gasteiger partial charge in [-0.25, -0.2) is 0 Å². The molecule has 1 aromatic carbocycles. The van der Waals surface area contributed by atoms with Gasteiger partial charge in [-0.1, -0.05) is 11.6 Å². The Hall–Kier alpha value is -1.40. The van der Waals surface area contributed by atoms with E-state index in [2.05, 4.69) is 11.0 Å². The lowest BCUT2D eigenvalue weighted by molar-refractivity contribution is 0.340. The summed E-state index contributed by atoms with van der Waals surface area (Å²) in [6, 6.07) is 8.14. The second-order valence-corrected chi connectivity index (χ2v) is 5.20. The van der Waals surface area contributed by atoms with E-state index < -0.39 is 0 Å². The molecule has 3 nitrogen and oxygen atoms in total. The van der Waals surface area contributed by atoms with Crippen molar-refractivity contribution in [3.05, 3.63) is 23.2 Å². The van der Waals surface area contributed by atoms with Gasteiger partial charge in [0.1, 0.15) is 5.75 Å². The minimum absolute atomic E-state index is 0.139. The predicted octanol–water partition coefficient (Wildman–Crippen LogP) is 3.48. The van der Waals surface area contributed by atoms with Gasteiger partial charge < -0.3 is 9.64 Å². The number of anilines is 1. The number of benzene rings is 1. The van der Waals surface area contributed by atoms with Crippen LogP contribution >= 0.6 is 11.6 Å². The van der Waals surface area contributed by atoms with Crippen LogP contribution in [0.15, 0.2) is 18.2 Å². The molecule has 0 N–H and O–H groups in total. The molecule has 4 heteroatoms. The fourth-order valence-electron chi connectivity index (χ4n) is 2.00. The predicted molar refractivity (Wildman–Crippen MR) is 73.2 cm³/mol. The van der Waals surface area contributed by atoms with Crippen LogP contribution in [0.25, 0.3) is 0 Å². The monoisotopic (exact) mass is 264 g/mol. The normalized spacial score (nSPS) is 15.9. The van der Waals surface area contributed by atoms with Crippen LogP contribution in [0, 0.1) is 16.7 Å². The zero-order valence-electron chi connectivity index (χ0n) is 10.7. The fraction of sp³-hybridized carbons (Fsp3) is 0.500. The van der Waals surface area contributed by atoms with Gasteiger partial charge in [0.25, 0.3) is 0 Å². The van der Waals surface area contributed by atoms with E-state index in [0.717, 1.165) is 25.1 Å². The Morgan fingerprint density at radius 1 is 1.50 bits per heavy atom. The first-order valence-corrected chi connectivity index (χ1v) is 6.53. The summed E-state index contributed by atoms with van der Waals surface area (Å²) in [4.78, 5) is 2.08. The fourth-order valence-corrected chi connectivity index (χ4v) is 2.23. The molecule has 0 aliphatic heterocycles. The maximum absolute atomic E-state index is 9.10. The summed E-state index contributed by atoms with van der Waals surface area (Å²) in [5, 5.41) is 9.71. The summed E-state index contributed by atoms with van der Waals surface area (Å²) in [6.45, 7) is 3.29. The Labute approximate surface area is 113 Å². The van der Waals surface area contributed by atoms with Crippen molar-refractivity contribution in [2.45, 2.75) is 19.8 Å². The van der Waals surface area contributed by atoms with Gasteiger partial charge in [0.15, 0.2) is 0 Å². The molecule has 0 amide bonds. The summed E-state index contributed by atoms with van der Waals surface area (Å²) < 4.78 is 5.40. The van der Waals surface area contributed by atoms with Gasteiger partial charge in [0.05, 0.1) is 23.1 Å². The van der Waals surface area contributed by atoms with Gasteiger partial charge in [0, 0.05) is 19.3 Å². The number of nitrogens with zero attached hydrogens (tertiary/aromatic N) is 2. The van der Waals surface area contributed by atoms with Crippen molar-refractivity contribution in [2.24, 2.45) is 5.41 Å². The topological polar surface area (TPSA) is 36.3 Å².